The topological polar surface area (TPSA) is 26.0 Å². The van der Waals surface area contributed by atoms with Crippen LogP contribution in [-0.2, 0) is 12.0 Å². The first-order valence-electron chi connectivity index (χ1n) is 5.77. The molecule has 0 saturated carbocycles. The predicted molar refractivity (Wildman–Crippen MR) is 73.1 cm³/mol. The fourth-order valence-corrected chi connectivity index (χ4v) is 2.20. The van der Waals surface area contributed by atoms with Crippen LogP contribution in [0, 0.1) is 5.82 Å². The Morgan fingerprint density at radius 2 is 1.83 bits per heavy atom. The quantitative estimate of drug-likeness (QED) is 0.893. The van der Waals surface area contributed by atoms with E-state index in [9.17, 15) is 4.39 Å². The maximum Gasteiger partial charge on any atom is 0.141 e. The molecule has 0 radical (unpaired) electrons. The largest absolute Gasteiger partial charge is 0.321 e. The summed E-state index contributed by atoms with van der Waals surface area (Å²) in [5, 5.41) is 0.136. The Morgan fingerprint density at radius 3 is 2.44 bits per heavy atom. The van der Waals surface area contributed by atoms with Gasteiger partial charge in [-0.2, -0.15) is 0 Å². The maximum atomic E-state index is 13.1. The molecule has 2 aromatic rings. The van der Waals surface area contributed by atoms with Crippen LogP contribution in [0.4, 0.5) is 4.39 Å². The van der Waals surface area contributed by atoms with Crippen LogP contribution < -0.4 is 5.73 Å². The molecule has 1 nitrogen and oxygen atoms in total. The van der Waals surface area contributed by atoms with E-state index in [4.69, 9.17) is 17.3 Å². The second-order valence-electron chi connectivity index (χ2n) is 4.71. The minimum atomic E-state index is -0.498. The van der Waals surface area contributed by atoms with Crippen LogP contribution in [0.3, 0.4) is 0 Å². The van der Waals surface area contributed by atoms with Crippen LogP contribution in [0.15, 0.2) is 48.5 Å². The van der Waals surface area contributed by atoms with Crippen LogP contribution in [0.25, 0.3) is 0 Å². The first kappa shape index (κ1) is 13.1. The fraction of sp³-hybridized carbons (Fsp3) is 0.200. The molecule has 0 spiro atoms. The van der Waals surface area contributed by atoms with E-state index in [1.54, 1.807) is 12.1 Å². The molecule has 18 heavy (non-hydrogen) atoms. The highest BCUT2D eigenvalue weighted by Gasteiger charge is 2.21. The molecule has 2 rings (SSSR count). The molecule has 0 amide bonds. The molecule has 0 aliphatic carbocycles. The van der Waals surface area contributed by atoms with Crippen molar-refractivity contribution in [2.75, 3.05) is 0 Å². The highest BCUT2D eigenvalue weighted by atomic mass is 35.5. The minimum absolute atomic E-state index is 0.136. The summed E-state index contributed by atoms with van der Waals surface area (Å²) in [6.45, 7) is 1.96. The average Bonchev–Trinajstić information content (AvgIpc) is 2.35. The van der Waals surface area contributed by atoms with Crippen molar-refractivity contribution >= 4 is 11.6 Å². The molecule has 0 aromatic heterocycles. The zero-order chi connectivity index (χ0) is 13.2. The van der Waals surface area contributed by atoms with Gasteiger partial charge in [-0.3, -0.25) is 0 Å². The Balaban J connectivity index is 2.25. The van der Waals surface area contributed by atoms with Gasteiger partial charge in [-0.1, -0.05) is 48.0 Å². The lowest BCUT2D eigenvalue weighted by Crippen LogP contribution is -2.35. The van der Waals surface area contributed by atoms with Crippen LogP contribution in [0.1, 0.15) is 18.1 Å². The van der Waals surface area contributed by atoms with Crippen molar-refractivity contribution < 1.29 is 4.39 Å². The molecule has 2 aromatic carbocycles. The van der Waals surface area contributed by atoms with Crippen LogP contribution in [0.5, 0.6) is 0 Å². The monoisotopic (exact) mass is 263 g/mol. The Morgan fingerprint density at radius 1 is 1.17 bits per heavy atom. The molecule has 3 heteroatoms. The molecular formula is C15H15ClFN. The molecule has 1 unspecified atom stereocenters. The first-order valence-corrected chi connectivity index (χ1v) is 6.15. The van der Waals surface area contributed by atoms with E-state index in [1.165, 1.54) is 6.07 Å². The SMILES string of the molecule is CC(N)(Cc1ccc(F)c(Cl)c1)c1ccccc1. The van der Waals surface area contributed by atoms with E-state index in [1.807, 2.05) is 37.3 Å². The van der Waals surface area contributed by atoms with Crippen molar-refractivity contribution in [3.8, 4) is 0 Å². The number of benzene rings is 2. The Bertz CT molecular complexity index is 537. The number of nitrogens with two attached hydrogens (primary N) is 1. The lowest BCUT2D eigenvalue weighted by Gasteiger charge is -2.25. The van der Waals surface area contributed by atoms with Crippen molar-refractivity contribution in [1.29, 1.82) is 0 Å². The number of halogens is 2. The van der Waals surface area contributed by atoms with Crippen molar-refractivity contribution in [3.63, 3.8) is 0 Å². The first-order chi connectivity index (χ1) is 8.49. The maximum absolute atomic E-state index is 13.1. The molecule has 0 aliphatic rings. The summed E-state index contributed by atoms with van der Waals surface area (Å²) in [7, 11) is 0. The predicted octanol–water partition coefficient (Wildman–Crippen LogP) is 3.90. The average molecular weight is 264 g/mol. The van der Waals surface area contributed by atoms with Gasteiger partial charge >= 0.3 is 0 Å². The number of rotatable bonds is 3. The van der Waals surface area contributed by atoms with Gasteiger partial charge in [0, 0.05) is 5.54 Å². The number of hydrogen-bond donors (Lipinski definition) is 1. The summed E-state index contributed by atoms with van der Waals surface area (Å²) in [5.74, 6) is -0.404. The van der Waals surface area contributed by atoms with Gasteiger partial charge in [0.2, 0.25) is 0 Å². The van der Waals surface area contributed by atoms with Crippen LogP contribution in [-0.4, -0.2) is 0 Å². The molecule has 1 atom stereocenters. The van der Waals surface area contributed by atoms with Crippen LogP contribution in [0.2, 0.25) is 5.02 Å². The number of hydrogen-bond acceptors (Lipinski definition) is 1. The highest BCUT2D eigenvalue weighted by Crippen LogP contribution is 2.24. The van der Waals surface area contributed by atoms with Crippen molar-refractivity contribution in [3.05, 3.63) is 70.5 Å². The molecule has 0 heterocycles. The third kappa shape index (κ3) is 2.89. The molecule has 0 bridgehead atoms. The van der Waals surface area contributed by atoms with Gasteiger partial charge in [0.25, 0.3) is 0 Å². The van der Waals surface area contributed by atoms with Crippen molar-refractivity contribution in [2.45, 2.75) is 18.9 Å². The van der Waals surface area contributed by atoms with Crippen molar-refractivity contribution in [2.24, 2.45) is 5.73 Å². The Kier molecular flexibility index (Phi) is 3.69. The van der Waals surface area contributed by atoms with E-state index in [0.717, 1.165) is 11.1 Å². The standard InChI is InChI=1S/C15H15ClFN/c1-15(18,12-5-3-2-4-6-12)10-11-7-8-14(17)13(16)9-11/h2-9H,10,18H2,1H3. The van der Waals surface area contributed by atoms with E-state index in [0.29, 0.717) is 6.42 Å². The summed E-state index contributed by atoms with van der Waals surface area (Å²) >= 11 is 5.77. The summed E-state index contributed by atoms with van der Waals surface area (Å²) in [6.07, 6.45) is 0.608. The third-order valence-corrected chi connectivity index (χ3v) is 3.28. The summed E-state index contributed by atoms with van der Waals surface area (Å²) in [4.78, 5) is 0. The Hall–Kier alpha value is -1.38. The molecule has 0 fully saturated rings. The van der Waals surface area contributed by atoms with Gasteiger partial charge in [0.1, 0.15) is 5.82 Å². The lowest BCUT2D eigenvalue weighted by molar-refractivity contribution is 0.491. The zero-order valence-corrected chi connectivity index (χ0v) is 10.9. The van der Waals surface area contributed by atoms with Gasteiger partial charge in [-0.25, -0.2) is 4.39 Å². The van der Waals surface area contributed by atoms with Gasteiger partial charge in [0.15, 0.2) is 0 Å². The second kappa shape index (κ2) is 5.09. The zero-order valence-electron chi connectivity index (χ0n) is 10.2. The normalized spacial score (nSPS) is 14.2. The highest BCUT2D eigenvalue weighted by molar-refractivity contribution is 6.30. The Labute approximate surface area is 111 Å². The smallest absolute Gasteiger partial charge is 0.141 e. The van der Waals surface area contributed by atoms with Gasteiger partial charge in [-0.05, 0) is 36.6 Å². The van der Waals surface area contributed by atoms with Gasteiger partial charge in [0.05, 0.1) is 5.02 Å². The lowest BCUT2D eigenvalue weighted by atomic mass is 9.87. The van der Waals surface area contributed by atoms with E-state index < -0.39 is 11.4 Å². The molecule has 0 aliphatic heterocycles. The molecule has 0 saturated heterocycles. The fourth-order valence-electron chi connectivity index (χ4n) is 1.99. The van der Waals surface area contributed by atoms with Crippen LogP contribution >= 0.6 is 11.6 Å². The summed E-state index contributed by atoms with van der Waals surface area (Å²) in [6, 6.07) is 14.6. The second-order valence-corrected chi connectivity index (χ2v) is 5.12. The minimum Gasteiger partial charge on any atom is -0.321 e. The van der Waals surface area contributed by atoms with Gasteiger partial charge < -0.3 is 5.73 Å². The third-order valence-electron chi connectivity index (χ3n) is 2.99. The van der Waals surface area contributed by atoms with Gasteiger partial charge in [-0.15, -0.1) is 0 Å². The summed E-state index contributed by atoms with van der Waals surface area (Å²) < 4.78 is 13.1. The molecule has 94 valence electrons. The van der Waals surface area contributed by atoms with E-state index in [-0.39, 0.29) is 5.02 Å². The summed E-state index contributed by atoms with van der Waals surface area (Å²) in [5.41, 5.74) is 7.80. The van der Waals surface area contributed by atoms with Crippen molar-refractivity contribution in [1.82, 2.24) is 0 Å². The molecule has 2 N–H and O–H groups in total. The molecular weight excluding hydrogens is 249 g/mol. The van der Waals surface area contributed by atoms with E-state index in [2.05, 4.69) is 0 Å². The van der Waals surface area contributed by atoms with E-state index >= 15 is 0 Å².